The molecule has 0 bridgehead atoms. The Bertz CT molecular complexity index is 407. The van der Waals surface area contributed by atoms with Gasteiger partial charge in [0, 0.05) is 0 Å². The Morgan fingerprint density at radius 1 is 0.769 bits per heavy atom. The van der Waals surface area contributed by atoms with Crippen molar-refractivity contribution in [2.45, 2.75) is 85.0 Å². The average molecular weight is 367 g/mol. The standard InChI is InChI=1S/C22H38O4/c1-16(12-14-25-21(23)19-10-6-4-8-17(19)2)13-15-26-22(24)20-11-7-5-9-18(20)3/h16-20H,4-15H2,1-3H3. The van der Waals surface area contributed by atoms with Gasteiger partial charge >= 0.3 is 11.9 Å². The number of esters is 2. The summed E-state index contributed by atoms with van der Waals surface area (Å²) in [7, 11) is 0. The number of carbonyl (C=O) groups is 2. The molecule has 2 fully saturated rings. The summed E-state index contributed by atoms with van der Waals surface area (Å²) in [5.74, 6) is 1.47. The quantitative estimate of drug-likeness (QED) is 0.558. The van der Waals surface area contributed by atoms with Gasteiger partial charge in [0.1, 0.15) is 0 Å². The SMILES string of the molecule is CC(CCOC(=O)C1CCCCC1C)CCOC(=O)C1CCCCC1C. The smallest absolute Gasteiger partial charge is 0.309 e. The van der Waals surface area contributed by atoms with Gasteiger partial charge in [-0.2, -0.15) is 0 Å². The first-order chi connectivity index (χ1) is 12.5. The number of rotatable bonds is 8. The van der Waals surface area contributed by atoms with Crippen molar-refractivity contribution in [2.24, 2.45) is 29.6 Å². The molecule has 4 atom stereocenters. The Morgan fingerprint density at radius 2 is 1.15 bits per heavy atom. The van der Waals surface area contributed by atoms with Crippen molar-refractivity contribution in [3.63, 3.8) is 0 Å². The minimum atomic E-state index is -0.0119. The average Bonchev–Trinajstić information content (AvgIpc) is 2.62. The molecule has 0 heterocycles. The first-order valence-corrected chi connectivity index (χ1v) is 10.8. The zero-order valence-electron chi connectivity index (χ0n) is 17.0. The van der Waals surface area contributed by atoms with Crippen LogP contribution in [0.25, 0.3) is 0 Å². The normalized spacial score (nSPS) is 30.4. The largest absolute Gasteiger partial charge is 0.465 e. The highest BCUT2D eigenvalue weighted by Gasteiger charge is 2.30. The van der Waals surface area contributed by atoms with E-state index in [4.69, 9.17) is 9.47 Å². The molecule has 0 aromatic carbocycles. The molecular formula is C22H38O4. The molecule has 2 rings (SSSR count). The zero-order chi connectivity index (χ0) is 18.9. The third kappa shape index (κ3) is 6.59. The third-order valence-corrected chi connectivity index (χ3v) is 6.54. The van der Waals surface area contributed by atoms with E-state index in [9.17, 15) is 9.59 Å². The van der Waals surface area contributed by atoms with Crippen molar-refractivity contribution in [3.05, 3.63) is 0 Å². The molecule has 4 heteroatoms. The Balaban J connectivity index is 1.56. The number of carbonyl (C=O) groups excluding carboxylic acids is 2. The summed E-state index contributed by atoms with van der Waals surface area (Å²) in [6.07, 6.45) is 10.7. The first kappa shape index (κ1) is 21.2. The van der Waals surface area contributed by atoms with E-state index in [1.54, 1.807) is 0 Å². The molecule has 2 aliphatic carbocycles. The Labute approximate surface area is 159 Å². The van der Waals surface area contributed by atoms with Crippen LogP contribution in [0.15, 0.2) is 0 Å². The molecule has 0 amide bonds. The first-order valence-electron chi connectivity index (χ1n) is 10.8. The molecule has 2 saturated carbocycles. The van der Waals surface area contributed by atoms with Crippen LogP contribution < -0.4 is 0 Å². The lowest BCUT2D eigenvalue weighted by molar-refractivity contribution is -0.151. The van der Waals surface area contributed by atoms with E-state index in [-0.39, 0.29) is 23.8 Å². The van der Waals surface area contributed by atoms with Crippen molar-refractivity contribution in [1.82, 2.24) is 0 Å². The van der Waals surface area contributed by atoms with Gasteiger partial charge < -0.3 is 9.47 Å². The maximum Gasteiger partial charge on any atom is 0.309 e. The summed E-state index contributed by atoms with van der Waals surface area (Å²) in [5, 5.41) is 0. The fraction of sp³-hybridized carbons (Fsp3) is 0.909. The summed E-state index contributed by atoms with van der Waals surface area (Å²) in [6, 6.07) is 0. The van der Waals surface area contributed by atoms with Gasteiger partial charge in [0.05, 0.1) is 25.0 Å². The van der Waals surface area contributed by atoms with Crippen LogP contribution in [-0.2, 0) is 19.1 Å². The molecule has 4 unspecified atom stereocenters. The second kappa shape index (κ2) is 10.9. The van der Waals surface area contributed by atoms with Crippen LogP contribution in [0.1, 0.15) is 85.0 Å². The van der Waals surface area contributed by atoms with Gasteiger partial charge in [0.15, 0.2) is 0 Å². The van der Waals surface area contributed by atoms with Crippen LogP contribution in [0, 0.1) is 29.6 Å². The lowest BCUT2D eigenvalue weighted by Crippen LogP contribution is -2.28. The molecule has 0 saturated heterocycles. The van der Waals surface area contributed by atoms with Crippen LogP contribution in [0.2, 0.25) is 0 Å². The monoisotopic (exact) mass is 366 g/mol. The molecule has 0 aromatic rings. The van der Waals surface area contributed by atoms with Crippen molar-refractivity contribution >= 4 is 11.9 Å². The van der Waals surface area contributed by atoms with Crippen molar-refractivity contribution in [2.75, 3.05) is 13.2 Å². The highest BCUT2D eigenvalue weighted by molar-refractivity contribution is 5.73. The van der Waals surface area contributed by atoms with E-state index >= 15 is 0 Å². The third-order valence-electron chi connectivity index (χ3n) is 6.54. The minimum absolute atomic E-state index is 0.0119. The van der Waals surface area contributed by atoms with Crippen LogP contribution in [-0.4, -0.2) is 25.2 Å². The molecule has 0 spiro atoms. The van der Waals surface area contributed by atoms with Crippen LogP contribution in [0.3, 0.4) is 0 Å². The summed E-state index contributed by atoms with van der Waals surface area (Å²) in [4.78, 5) is 24.4. The predicted octanol–water partition coefficient (Wildman–Crippen LogP) is 5.14. The second-order valence-electron chi connectivity index (χ2n) is 8.75. The number of ether oxygens (including phenoxy) is 2. The number of hydrogen-bond acceptors (Lipinski definition) is 4. The molecule has 4 nitrogen and oxygen atoms in total. The van der Waals surface area contributed by atoms with Gasteiger partial charge in [-0.1, -0.05) is 46.5 Å². The van der Waals surface area contributed by atoms with E-state index in [2.05, 4.69) is 20.8 Å². The predicted molar refractivity (Wildman–Crippen MR) is 103 cm³/mol. The van der Waals surface area contributed by atoms with Crippen LogP contribution >= 0.6 is 0 Å². The highest BCUT2D eigenvalue weighted by atomic mass is 16.5. The van der Waals surface area contributed by atoms with Gasteiger partial charge in [0.2, 0.25) is 0 Å². The minimum Gasteiger partial charge on any atom is -0.465 e. The molecule has 0 aliphatic heterocycles. The lowest BCUT2D eigenvalue weighted by Gasteiger charge is -2.27. The van der Waals surface area contributed by atoms with E-state index in [0.717, 1.165) is 51.4 Å². The molecular weight excluding hydrogens is 328 g/mol. The molecule has 0 N–H and O–H groups in total. The lowest BCUT2D eigenvalue weighted by atomic mass is 9.80. The van der Waals surface area contributed by atoms with Crippen molar-refractivity contribution in [1.29, 1.82) is 0 Å². The van der Waals surface area contributed by atoms with Crippen LogP contribution in [0.5, 0.6) is 0 Å². The van der Waals surface area contributed by atoms with Gasteiger partial charge in [-0.15, -0.1) is 0 Å². The Morgan fingerprint density at radius 3 is 1.54 bits per heavy atom. The van der Waals surface area contributed by atoms with Gasteiger partial charge in [-0.25, -0.2) is 0 Å². The maximum atomic E-state index is 12.2. The summed E-state index contributed by atoms with van der Waals surface area (Å²) in [6.45, 7) is 7.42. The van der Waals surface area contributed by atoms with Crippen molar-refractivity contribution < 1.29 is 19.1 Å². The topological polar surface area (TPSA) is 52.6 Å². The fourth-order valence-corrected chi connectivity index (χ4v) is 4.41. The maximum absolute atomic E-state index is 12.2. The van der Waals surface area contributed by atoms with Gasteiger partial charge in [0.25, 0.3) is 0 Å². The second-order valence-corrected chi connectivity index (χ2v) is 8.75. The molecule has 150 valence electrons. The molecule has 2 aliphatic rings. The summed E-state index contributed by atoms with van der Waals surface area (Å²) in [5.41, 5.74) is 0. The van der Waals surface area contributed by atoms with E-state index in [1.165, 1.54) is 12.8 Å². The van der Waals surface area contributed by atoms with E-state index in [1.807, 2.05) is 0 Å². The zero-order valence-corrected chi connectivity index (χ0v) is 17.0. The summed E-state index contributed by atoms with van der Waals surface area (Å²) >= 11 is 0. The van der Waals surface area contributed by atoms with Gasteiger partial charge in [-0.05, 0) is 56.3 Å². The van der Waals surface area contributed by atoms with E-state index < -0.39 is 0 Å². The highest BCUT2D eigenvalue weighted by Crippen LogP contribution is 2.31. The molecule has 0 aromatic heterocycles. The molecule has 26 heavy (non-hydrogen) atoms. The summed E-state index contributed by atoms with van der Waals surface area (Å²) < 4.78 is 11.0. The van der Waals surface area contributed by atoms with Gasteiger partial charge in [-0.3, -0.25) is 9.59 Å². The molecule has 0 radical (unpaired) electrons. The Hall–Kier alpha value is -1.06. The van der Waals surface area contributed by atoms with Crippen molar-refractivity contribution in [3.8, 4) is 0 Å². The van der Waals surface area contributed by atoms with Crippen LogP contribution in [0.4, 0.5) is 0 Å². The number of hydrogen-bond donors (Lipinski definition) is 0. The Kier molecular flexibility index (Phi) is 8.94. The van der Waals surface area contributed by atoms with E-state index in [0.29, 0.717) is 31.0 Å². The fourth-order valence-electron chi connectivity index (χ4n) is 4.41.